The van der Waals surface area contributed by atoms with Gasteiger partial charge in [-0.3, -0.25) is 9.89 Å². The fourth-order valence-corrected chi connectivity index (χ4v) is 1.57. The van der Waals surface area contributed by atoms with Crippen molar-refractivity contribution in [2.24, 2.45) is 0 Å². The Morgan fingerprint density at radius 2 is 2.28 bits per heavy atom. The van der Waals surface area contributed by atoms with E-state index >= 15 is 0 Å². The molecule has 0 aliphatic carbocycles. The van der Waals surface area contributed by atoms with Crippen molar-refractivity contribution in [1.29, 1.82) is 0 Å². The van der Waals surface area contributed by atoms with E-state index in [1.807, 2.05) is 0 Å². The maximum atomic E-state index is 11.9. The maximum Gasteiger partial charge on any atom is 0.259 e. The number of methoxy groups -OCH3 is 1. The number of rotatable bonds is 3. The van der Waals surface area contributed by atoms with Gasteiger partial charge < -0.3 is 15.8 Å². The minimum absolute atomic E-state index is 0.229. The SMILES string of the molecule is COc1cc(NC(=O)c2cn[nH]c2C)ccc1N. The maximum absolute atomic E-state index is 11.9. The van der Waals surface area contributed by atoms with Crippen LogP contribution in [0, 0.1) is 6.92 Å². The van der Waals surface area contributed by atoms with Crippen LogP contribution in [-0.2, 0) is 0 Å². The van der Waals surface area contributed by atoms with Crippen LogP contribution in [0.15, 0.2) is 24.4 Å². The summed E-state index contributed by atoms with van der Waals surface area (Å²) < 4.78 is 5.09. The second-order valence-electron chi connectivity index (χ2n) is 3.82. The van der Waals surface area contributed by atoms with Gasteiger partial charge in [-0.05, 0) is 19.1 Å². The molecule has 0 fully saturated rings. The summed E-state index contributed by atoms with van der Waals surface area (Å²) in [7, 11) is 1.53. The molecular weight excluding hydrogens is 232 g/mol. The lowest BCUT2D eigenvalue weighted by Gasteiger charge is -2.08. The van der Waals surface area contributed by atoms with Gasteiger partial charge in [0.25, 0.3) is 5.91 Å². The third kappa shape index (κ3) is 2.27. The molecule has 0 aliphatic rings. The number of nitrogens with zero attached hydrogens (tertiary/aromatic N) is 1. The Hall–Kier alpha value is -2.50. The number of aromatic amines is 1. The zero-order valence-electron chi connectivity index (χ0n) is 10.2. The van der Waals surface area contributed by atoms with Gasteiger partial charge in [0.2, 0.25) is 0 Å². The van der Waals surface area contributed by atoms with Crippen LogP contribution in [0.1, 0.15) is 16.1 Å². The molecule has 0 unspecified atom stereocenters. The first-order valence-corrected chi connectivity index (χ1v) is 5.36. The van der Waals surface area contributed by atoms with E-state index in [-0.39, 0.29) is 5.91 Å². The number of nitrogens with one attached hydrogen (secondary N) is 2. The van der Waals surface area contributed by atoms with Crippen LogP contribution >= 0.6 is 0 Å². The van der Waals surface area contributed by atoms with E-state index < -0.39 is 0 Å². The van der Waals surface area contributed by atoms with Crippen molar-refractivity contribution in [2.45, 2.75) is 6.92 Å². The lowest BCUT2D eigenvalue weighted by atomic mass is 10.2. The predicted molar refractivity (Wildman–Crippen MR) is 68.7 cm³/mol. The number of carbonyl (C=O) groups excluding carboxylic acids is 1. The van der Waals surface area contributed by atoms with Crippen LogP contribution < -0.4 is 15.8 Å². The summed E-state index contributed by atoms with van der Waals surface area (Å²) in [5, 5.41) is 9.27. The third-order valence-corrected chi connectivity index (χ3v) is 2.57. The number of benzene rings is 1. The standard InChI is InChI=1S/C12H14N4O2/c1-7-9(6-14-16-7)12(17)15-8-3-4-10(13)11(5-8)18-2/h3-6H,13H2,1-2H3,(H,14,16)(H,15,17). The number of anilines is 2. The molecule has 1 aromatic heterocycles. The van der Waals surface area contributed by atoms with Crippen molar-refractivity contribution in [3.63, 3.8) is 0 Å². The average Bonchev–Trinajstić information content (AvgIpc) is 2.78. The Morgan fingerprint density at radius 1 is 1.50 bits per heavy atom. The van der Waals surface area contributed by atoms with Gasteiger partial charge in [0.05, 0.1) is 24.6 Å². The fraction of sp³-hybridized carbons (Fsp3) is 0.167. The Bertz CT molecular complexity index is 577. The molecular formula is C12H14N4O2. The minimum Gasteiger partial charge on any atom is -0.495 e. The number of H-pyrrole nitrogens is 1. The van der Waals surface area contributed by atoms with Gasteiger partial charge in [0, 0.05) is 17.4 Å². The summed E-state index contributed by atoms with van der Waals surface area (Å²) in [4.78, 5) is 11.9. The van der Waals surface area contributed by atoms with Crippen molar-refractivity contribution in [1.82, 2.24) is 10.2 Å². The van der Waals surface area contributed by atoms with Gasteiger partial charge in [-0.2, -0.15) is 5.10 Å². The lowest BCUT2D eigenvalue weighted by Crippen LogP contribution is -2.12. The van der Waals surface area contributed by atoms with E-state index in [4.69, 9.17) is 10.5 Å². The van der Waals surface area contributed by atoms with Crippen LogP contribution in [0.25, 0.3) is 0 Å². The van der Waals surface area contributed by atoms with E-state index in [9.17, 15) is 4.79 Å². The van der Waals surface area contributed by atoms with Crippen molar-refractivity contribution in [2.75, 3.05) is 18.2 Å². The fourth-order valence-electron chi connectivity index (χ4n) is 1.57. The van der Waals surface area contributed by atoms with Crippen molar-refractivity contribution in [3.8, 4) is 5.75 Å². The molecule has 94 valence electrons. The van der Waals surface area contributed by atoms with Gasteiger partial charge in [0.15, 0.2) is 0 Å². The number of aryl methyl sites for hydroxylation is 1. The number of nitrogen functional groups attached to an aromatic ring is 1. The number of nitrogens with two attached hydrogens (primary N) is 1. The zero-order valence-corrected chi connectivity index (χ0v) is 10.2. The van der Waals surface area contributed by atoms with E-state index in [1.54, 1.807) is 25.1 Å². The number of ether oxygens (including phenoxy) is 1. The molecule has 1 heterocycles. The van der Waals surface area contributed by atoms with Crippen molar-refractivity contribution in [3.05, 3.63) is 35.7 Å². The van der Waals surface area contributed by atoms with E-state index in [0.717, 1.165) is 5.69 Å². The van der Waals surface area contributed by atoms with Crippen LogP contribution in [0.5, 0.6) is 5.75 Å². The number of aromatic nitrogens is 2. The summed E-state index contributed by atoms with van der Waals surface area (Å²) >= 11 is 0. The predicted octanol–water partition coefficient (Wildman–Crippen LogP) is 1.56. The largest absolute Gasteiger partial charge is 0.495 e. The molecule has 0 spiro atoms. The Labute approximate surface area is 104 Å². The lowest BCUT2D eigenvalue weighted by molar-refractivity contribution is 0.102. The van der Waals surface area contributed by atoms with E-state index in [2.05, 4.69) is 15.5 Å². The van der Waals surface area contributed by atoms with Crippen molar-refractivity contribution >= 4 is 17.3 Å². The van der Waals surface area contributed by atoms with Crippen LogP contribution in [0.2, 0.25) is 0 Å². The second-order valence-corrected chi connectivity index (χ2v) is 3.82. The first kappa shape index (κ1) is 12.0. The Balaban J connectivity index is 2.20. The molecule has 0 atom stereocenters. The summed E-state index contributed by atoms with van der Waals surface area (Å²) in [5.41, 5.74) is 8.06. The number of carbonyl (C=O) groups is 1. The molecule has 1 aromatic carbocycles. The molecule has 6 nitrogen and oxygen atoms in total. The molecule has 0 bridgehead atoms. The van der Waals surface area contributed by atoms with Gasteiger partial charge >= 0.3 is 0 Å². The van der Waals surface area contributed by atoms with Gasteiger partial charge in [-0.1, -0.05) is 0 Å². The van der Waals surface area contributed by atoms with Crippen LogP contribution in [0.3, 0.4) is 0 Å². The monoisotopic (exact) mass is 246 g/mol. The number of hydrogen-bond acceptors (Lipinski definition) is 4. The number of amides is 1. The molecule has 4 N–H and O–H groups in total. The highest BCUT2D eigenvalue weighted by Gasteiger charge is 2.11. The highest BCUT2D eigenvalue weighted by Crippen LogP contribution is 2.25. The molecule has 0 aliphatic heterocycles. The molecule has 2 aromatic rings. The second kappa shape index (κ2) is 4.79. The van der Waals surface area contributed by atoms with Crippen molar-refractivity contribution < 1.29 is 9.53 Å². The van der Waals surface area contributed by atoms with Gasteiger partial charge in [-0.15, -0.1) is 0 Å². The van der Waals surface area contributed by atoms with E-state index in [0.29, 0.717) is 22.7 Å². The molecule has 0 saturated heterocycles. The first-order valence-electron chi connectivity index (χ1n) is 5.36. The van der Waals surface area contributed by atoms with Gasteiger partial charge in [0.1, 0.15) is 5.75 Å². The van der Waals surface area contributed by atoms with Crippen LogP contribution in [0.4, 0.5) is 11.4 Å². The zero-order chi connectivity index (χ0) is 13.1. The van der Waals surface area contributed by atoms with Gasteiger partial charge in [-0.25, -0.2) is 0 Å². The smallest absolute Gasteiger partial charge is 0.259 e. The Morgan fingerprint density at radius 3 is 2.89 bits per heavy atom. The molecule has 1 amide bonds. The summed E-state index contributed by atoms with van der Waals surface area (Å²) in [5.74, 6) is 0.296. The summed E-state index contributed by atoms with van der Waals surface area (Å²) in [6.45, 7) is 1.78. The minimum atomic E-state index is -0.229. The van der Waals surface area contributed by atoms with Crippen LogP contribution in [-0.4, -0.2) is 23.2 Å². The summed E-state index contributed by atoms with van der Waals surface area (Å²) in [6, 6.07) is 5.06. The van der Waals surface area contributed by atoms with E-state index in [1.165, 1.54) is 13.3 Å². The topological polar surface area (TPSA) is 93.0 Å². The summed E-state index contributed by atoms with van der Waals surface area (Å²) in [6.07, 6.45) is 1.49. The highest BCUT2D eigenvalue weighted by atomic mass is 16.5. The quantitative estimate of drug-likeness (QED) is 0.716. The first-order chi connectivity index (χ1) is 8.61. The molecule has 0 radical (unpaired) electrons. The normalized spacial score (nSPS) is 10.1. The molecule has 18 heavy (non-hydrogen) atoms. The number of hydrogen-bond donors (Lipinski definition) is 3. The average molecular weight is 246 g/mol. The Kier molecular flexibility index (Phi) is 3.18. The highest BCUT2D eigenvalue weighted by molar-refractivity contribution is 6.05. The molecule has 0 saturated carbocycles. The third-order valence-electron chi connectivity index (χ3n) is 2.57. The molecule has 6 heteroatoms. The molecule has 2 rings (SSSR count).